The predicted molar refractivity (Wildman–Crippen MR) is 95.6 cm³/mol. The maximum Gasteiger partial charge on any atom is 0.371 e. The summed E-state index contributed by atoms with van der Waals surface area (Å²) >= 11 is 6.81. The van der Waals surface area contributed by atoms with Gasteiger partial charge in [-0.1, -0.05) is 37.9 Å². The molecule has 122 valence electrons. The van der Waals surface area contributed by atoms with Crippen molar-refractivity contribution in [3.8, 4) is 5.75 Å². The van der Waals surface area contributed by atoms with Gasteiger partial charge in [-0.15, -0.1) is 0 Å². The fourth-order valence-corrected chi connectivity index (χ4v) is 3.65. The Morgan fingerprint density at radius 2 is 1.83 bits per heavy atom. The van der Waals surface area contributed by atoms with E-state index in [-0.39, 0.29) is 17.6 Å². The second-order valence-electron chi connectivity index (χ2n) is 4.98. The van der Waals surface area contributed by atoms with Crippen molar-refractivity contribution in [1.29, 1.82) is 0 Å². The van der Waals surface area contributed by atoms with Crippen molar-refractivity contribution in [1.82, 2.24) is 0 Å². The summed E-state index contributed by atoms with van der Waals surface area (Å²) in [6, 6.07) is 11.5. The monoisotopic (exact) mass is 452 g/mol. The van der Waals surface area contributed by atoms with Crippen molar-refractivity contribution >= 4 is 48.8 Å². The van der Waals surface area contributed by atoms with Crippen LogP contribution in [-0.4, -0.2) is 11.1 Å². The summed E-state index contributed by atoms with van der Waals surface area (Å²) in [5.74, 6) is -1.35. The van der Waals surface area contributed by atoms with Gasteiger partial charge in [0.2, 0.25) is 5.76 Å². The molecule has 0 amide bonds. The van der Waals surface area contributed by atoms with Crippen LogP contribution in [0.2, 0.25) is 0 Å². The van der Waals surface area contributed by atoms with E-state index in [0.29, 0.717) is 5.75 Å². The third kappa shape index (κ3) is 3.52. The molecule has 2 aromatic carbocycles. The van der Waals surface area contributed by atoms with Crippen LogP contribution >= 0.6 is 31.9 Å². The molecule has 1 aromatic heterocycles. The summed E-state index contributed by atoms with van der Waals surface area (Å²) in [6.07, 6.45) is 0. The largest absolute Gasteiger partial charge is 0.488 e. The van der Waals surface area contributed by atoms with Gasteiger partial charge in [0.15, 0.2) is 5.43 Å². The van der Waals surface area contributed by atoms with Crippen LogP contribution in [0.4, 0.5) is 0 Å². The SMILES string of the molecule is O=C(O)c1cc(=O)c2c(OCc3cc(Br)cc(Br)c3)cccc2o1. The molecule has 3 aromatic rings. The summed E-state index contributed by atoms with van der Waals surface area (Å²) in [5.41, 5.74) is 0.618. The first-order valence-electron chi connectivity index (χ1n) is 6.82. The summed E-state index contributed by atoms with van der Waals surface area (Å²) < 4.78 is 12.8. The highest BCUT2D eigenvalue weighted by atomic mass is 79.9. The molecule has 0 radical (unpaired) electrons. The molecule has 1 N–H and O–H groups in total. The van der Waals surface area contributed by atoms with Gasteiger partial charge in [-0.2, -0.15) is 0 Å². The highest BCUT2D eigenvalue weighted by Gasteiger charge is 2.14. The van der Waals surface area contributed by atoms with Gasteiger partial charge >= 0.3 is 5.97 Å². The number of benzene rings is 2. The Morgan fingerprint density at radius 1 is 1.12 bits per heavy atom. The Balaban J connectivity index is 1.98. The van der Waals surface area contributed by atoms with Crippen molar-refractivity contribution in [3.05, 3.63) is 73.0 Å². The third-order valence-corrected chi connectivity index (χ3v) is 4.16. The number of carbonyl (C=O) groups is 1. The quantitative estimate of drug-likeness (QED) is 0.624. The molecule has 0 unspecified atom stereocenters. The standard InChI is InChI=1S/C17H10Br2O5/c18-10-4-9(5-11(19)6-10)8-23-13-2-1-3-14-16(13)12(20)7-15(24-14)17(21)22/h1-7H,8H2,(H,21,22). The van der Waals surface area contributed by atoms with Crippen LogP contribution in [-0.2, 0) is 6.61 Å². The maximum absolute atomic E-state index is 12.2. The summed E-state index contributed by atoms with van der Waals surface area (Å²) in [7, 11) is 0. The Morgan fingerprint density at radius 3 is 2.50 bits per heavy atom. The fraction of sp³-hybridized carbons (Fsp3) is 0.0588. The lowest BCUT2D eigenvalue weighted by atomic mass is 10.2. The van der Waals surface area contributed by atoms with E-state index in [0.717, 1.165) is 20.6 Å². The molecule has 0 fully saturated rings. The van der Waals surface area contributed by atoms with E-state index in [2.05, 4.69) is 31.9 Å². The summed E-state index contributed by atoms with van der Waals surface area (Å²) in [5, 5.41) is 9.19. The van der Waals surface area contributed by atoms with Crippen molar-refractivity contribution in [2.45, 2.75) is 6.61 Å². The van der Waals surface area contributed by atoms with Crippen LogP contribution in [0.25, 0.3) is 11.0 Å². The van der Waals surface area contributed by atoms with E-state index in [4.69, 9.17) is 14.3 Å². The second kappa shape index (κ2) is 6.78. The minimum atomic E-state index is -1.29. The molecule has 1 heterocycles. The van der Waals surface area contributed by atoms with Gasteiger partial charge in [-0.05, 0) is 35.9 Å². The van der Waals surface area contributed by atoms with Gasteiger partial charge in [-0.25, -0.2) is 4.79 Å². The molecule has 0 aliphatic rings. The van der Waals surface area contributed by atoms with Gasteiger partial charge in [-0.3, -0.25) is 4.79 Å². The molecule has 7 heteroatoms. The molecule has 0 aliphatic carbocycles. The Labute approximate surface area is 153 Å². The van der Waals surface area contributed by atoms with Crippen LogP contribution in [0.15, 0.2) is 60.6 Å². The minimum Gasteiger partial charge on any atom is -0.488 e. The maximum atomic E-state index is 12.2. The van der Waals surface area contributed by atoms with Gasteiger partial charge in [0.05, 0.1) is 0 Å². The van der Waals surface area contributed by atoms with Crippen molar-refractivity contribution in [3.63, 3.8) is 0 Å². The number of carboxylic acid groups (broad SMARTS) is 1. The third-order valence-electron chi connectivity index (χ3n) is 3.24. The topological polar surface area (TPSA) is 76.7 Å². The van der Waals surface area contributed by atoms with Crippen LogP contribution in [0.5, 0.6) is 5.75 Å². The molecular formula is C17H10Br2O5. The zero-order valence-electron chi connectivity index (χ0n) is 12.1. The number of rotatable bonds is 4. The van der Waals surface area contributed by atoms with E-state index in [1.165, 1.54) is 6.07 Å². The number of halogens is 2. The number of aromatic carboxylic acids is 1. The average Bonchev–Trinajstić information content (AvgIpc) is 2.51. The van der Waals surface area contributed by atoms with E-state index in [1.807, 2.05) is 18.2 Å². The molecule has 0 saturated carbocycles. The van der Waals surface area contributed by atoms with Crippen molar-refractivity contribution < 1.29 is 19.1 Å². The molecule has 0 bridgehead atoms. The normalized spacial score (nSPS) is 10.8. The van der Waals surface area contributed by atoms with E-state index >= 15 is 0 Å². The Bertz CT molecular complexity index is 974. The highest BCUT2D eigenvalue weighted by molar-refractivity contribution is 9.11. The zero-order valence-corrected chi connectivity index (χ0v) is 15.3. The molecule has 0 saturated heterocycles. The number of fused-ring (bicyclic) bond motifs is 1. The lowest BCUT2D eigenvalue weighted by Crippen LogP contribution is -2.08. The van der Waals surface area contributed by atoms with Crippen LogP contribution in [0.1, 0.15) is 16.1 Å². The lowest BCUT2D eigenvalue weighted by molar-refractivity contribution is 0.0663. The molecule has 24 heavy (non-hydrogen) atoms. The van der Waals surface area contributed by atoms with Gasteiger partial charge in [0, 0.05) is 15.0 Å². The molecule has 0 aliphatic heterocycles. The van der Waals surface area contributed by atoms with Crippen LogP contribution < -0.4 is 10.2 Å². The second-order valence-corrected chi connectivity index (χ2v) is 6.81. The fourth-order valence-electron chi connectivity index (χ4n) is 2.26. The van der Waals surface area contributed by atoms with E-state index in [1.54, 1.807) is 12.1 Å². The molecule has 3 rings (SSSR count). The van der Waals surface area contributed by atoms with Crippen LogP contribution in [0.3, 0.4) is 0 Å². The number of carboxylic acids is 1. The van der Waals surface area contributed by atoms with E-state index in [9.17, 15) is 9.59 Å². The highest BCUT2D eigenvalue weighted by Crippen LogP contribution is 2.26. The molecular weight excluding hydrogens is 444 g/mol. The molecule has 0 atom stereocenters. The molecule has 0 spiro atoms. The van der Waals surface area contributed by atoms with Crippen LogP contribution in [0, 0.1) is 0 Å². The summed E-state index contributed by atoms with van der Waals surface area (Å²) in [4.78, 5) is 23.2. The van der Waals surface area contributed by atoms with Crippen molar-refractivity contribution in [2.75, 3.05) is 0 Å². The van der Waals surface area contributed by atoms with Gasteiger partial charge in [0.1, 0.15) is 23.3 Å². The minimum absolute atomic E-state index is 0.174. The first kappa shape index (κ1) is 16.7. The Hall–Kier alpha value is -2.12. The Kier molecular flexibility index (Phi) is 4.73. The summed E-state index contributed by atoms with van der Waals surface area (Å²) in [6.45, 7) is 0.247. The predicted octanol–water partition coefficient (Wildman–Crippen LogP) is 4.60. The average molecular weight is 454 g/mol. The first-order chi connectivity index (χ1) is 11.4. The van der Waals surface area contributed by atoms with Gasteiger partial charge in [0.25, 0.3) is 0 Å². The zero-order chi connectivity index (χ0) is 17.3. The molecule has 5 nitrogen and oxygen atoms in total. The lowest BCUT2D eigenvalue weighted by Gasteiger charge is -2.09. The number of hydrogen-bond donors (Lipinski definition) is 1. The van der Waals surface area contributed by atoms with Crippen molar-refractivity contribution in [2.24, 2.45) is 0 Å². The first-order valence-corrected chi connectivity index (χ1v) is 8.40. The number of hydrogen-bond acceptors (Lipinski definition) is 4. The smallest absolute Gasteiger partial charge is 0.371 e. The number of ether oxygens (including phenoxy) is 1. The van der Waals surface area contributed by atoms with Gasteiger partial charge < -0.3 is 14.3 Å². The van der Waals surface area contributed by atoms with E-state index < -0.39 is 17.2 Å².